The van der Waals surface area contributed by atoms with Crippen molar-refractivity contribution >= 4 is 6.08 Å². The molecule has 1 aromatic rings. The van der Waals surface area contributed by atoms with Crippen LogP contribution in [-0.4, -0.2) is 12.2 Å². The standard InChI is InChI=1S/C9H10O2/c1-11-7-6-8-4-2-3-5-9(8)10/h2-7,10H,1H3. The lowest BCUT2D eigenvalue weighted by atomic mass is 10.2. The lowest BCUT2D eigenvalue weighted by Crippen LogP contribution is -1.73. The molecule has 58 valence electrons. The zero-order chi connectivity index (χ0) is 8.10. The van der Waals surface area contributed by atoms with Crippen LogP contribution >= 0.6 is 0 Å². The molecule has 0 atom stereocenters. The van der Waals surface area contributed by atoms with E-state index in [4.69, 9.17) is 4.74 Å². The van der Waals surface area contributed by atoms with E-state index in [9.17, 15) is 5.11 Å². The number of ether oxygens (including phenoxy) is 1. The predicted molar refractivity (Wildman–Crippen MR) is 44.1 cm³/mol. The van der Waals surface area contributed by atoms with Gasteiger partial charge in [-0.25, -0.2) is 0 Å². The van der Waals surface area contributed by atoms with Crippen LogP contribution in [0.15, 0.2) is 30.5 Å². The Balaban J connectivity index is 2.86. The second-order valence-corrected chi connectivity index (χ2v) is 2.10. The number of benzene rings is 1. The van der Waals surface area contributed by atoms with Gasteiger partial charge < -0.3 is 9.84 Å². The van der Waals surface area contributed by atoms with Gasteiger partial charge in [0.25, 0.3) is 0 Å². The molecule has 0 fully saturated rings. The van der Waals surface area contributed by atoms with Crippen molar-refractivity contribution in [1.29, 1.82) is 0 Å². The van der Waals surface area contributed by atoms with Crippen molar-refractivity contribution in [2.45, 2.75) is 0 Å². The van der Waals surface area contributed by atoms with Crippen molar-refractivity contribution < 1.29 is 9.84 Å². The molecule has 0 saturated heterocycles. The van der Waals surface area contributed by atoms with E-state index >= 15 is 0 Å². The van der Waals surface area contributed by atoms with E-state index < -0.39 is 0 Å². The first-order chi connectivity index (χ1) is 5.34. The fraction of sp³-hybridized carbons (Fsp3) is 0.111. The molecule has 2 nitrogen and oxygen atoms in total. The molecule has 0 saturated carbocycles. The molecular formula is C9H10O2. The molecule has 1 rings (SSSR count). The molecule has 0 aliphatic heterocycles. The second kappa shape index (κ2) is 3.66. The Hall–Kier alpha value is -1.44. The zero-order valence-electron chi connectivity index (χ0n) is 6.32. The third-order valence-electron chi connectivity index (χ3n) is 1.32. The Morgan fingerprint density at radius 2 is 2.09 bits per heavy atom. The van der Waals surface area contributed by atoms with Crippen LogP contribution in [0.4, 0.5) is 0 Å². The number of phenols is 1. The molecule has 0 aromatic heterocycles. The van der Waals surface area contributed by atoms with E-state index in [0.717, 1.165) is 5.56 Å². The van der Waals surface area contributed by atoms with Gasteiger partial charge in [0.2, 0.25) is 0 Å². The number of aromatic hydroxyl groups is 1. The van der Waals surface area contributed by atoms with E-state index in [0.29, 0.717) is 0 Å². The predicted octanol–water partition coefficient (Wildman–Crippen LogP) is 2.01. The SMILES string of the molecule is COC=Cc1ccccc1O. The van der Waals surface area contributed by atoms with Crippen LogP contribution in [0.5, 0.6) is 5.75 Å². The summed E-state index contributed by atoms with van der Waals surface area (Å²) < 4.78 is 4.71. The minimum Gasteiger partial charge on any atom is -0.507 e. The maximum atomic E-state index is 9.23. The van der Waals surface area contributed by atoms with Crippen LogP contribution < -0.4 is 0 Å². The summed E-state index contributed by atoms with van der Waals surface area (Å²) in [5, 5.41) is 9.23. The van der Waals surface area contributed by atoms with Gasteiger partial charge in [0.1, 0.15) is 5.75 Å². The third-order valence-corrected chi connectivity index (χ3v) is 1.32. The summed E-state index contributed by atoms with van der Waals surface area (Å²) >= 11 is 0. The van der Waals surface area contributed by atoms with Crippen molar-refractivity contribution in [3.05, 3.63) is 36.1 Å². The van der Waals surface area contributed by atoms with Gasteiger partial charge in [0.15, 0.2) is 0 Å². The van der Waals surface area contributed by atoms with Crippen molar-refractivity contribution in [2.24, 2.45) is 0 Å². The first-order valence-electron chi connectivity index (χ1n) is 3.32. The molecule has 0 aliphatic rings. The fourth-order valence-electron chi connectivity index (χ4n) is 0.770. The number of phenolic OH excluding ortho intramolecular Hbond substituents is 1. The molecule has 1 aromatic carbocycles. The fourth-order valence-corrected chi connectivity index (χ4v) is 0.770. The minimum atomic E-state index is 0.265. The third kappa shape index (κ3) is 2.00. The summed E-state index contributed by atoms with van der Waals surface area (Å²) in [5.41, 5.74) is 0.759. The molecule has 11 heavy (non-hydrogen) atoms. The lowest BCUT2D eigenvalue weighted by molar-refractivity contribution is 0.341. The molecule has 0 amide bonds. The Labute approximate surface area is 65.7 Å². The number of hydrogen-bond donors (Lipinski definition) is 1. The molecule has 0 unspecified atom stereocenters. The Morgan fingerprint density at radius 1 is 1.36 bits per heavy atom. The van der Waals surface area contributed by atoms with Crippen LogP contribution in [0.3, 0.4) is 0 Å². The van der Waals surface area contributed by atoms with E-state index in [-0.39, 0.29) is 5.75 Å². The normalized spacial score (nSPS) is 10.3. The Bertz CT molecular complexity index is 253. The topological polar surface area (TPSA) is 29.5 Å². The number of rotatable bonds is 2. The van der Waals surface area contributed by atoms with Crippen molar-refractivity contribution in [3.63, 3.8) is 0 Å². The highest BCUT2D eigenvalue weighted by molar-refractivity contribution is 5.55. The van der Waals surface area contributed by atoms with Gasteiger partial charge in [-0.3, -0.25) is 0 Å². The first-order valence-corrected chi connectivity index (χ1v) is 3.32. The van der Waals surface area contributed by atoms with Crippen LogP contribution in [0.2, 0.25) is 0 Å². The van der Waals surface area contributed by atoms with E-state index in [2.05, 4.69) is 0 Å². The molecule has 0 spiro atoms. The summed E-state index contributed by atoms with van der Waals surface area (Å²) in [6.07, 6.45) is 3.23. The summed E-state index contributed by atoms with van der Waals surface area (Å²) in [4.78, 5) is 0. The van der Waals surface area contributed by atoms with Gasteiger partial charge in [0, 0.05) is 5.56 Å². The van der Waals surface area contributed by atoms with Crippen LogP contribution in [0.1, 0.15) is 5.56 Å². The highest BCUT2D eigenvalue weighted by Gasteiger charge is 1.91. The quantitative estimate of drug-likeness (QED) is 0.653. The van der Waals surface area contributed by atoms with Crippen LogP contribution in [-0.2, 0) is 4.74 Å². The average Bonchev–Trinajstić information content (AvgIpc) is 2.03. The summed E-state index contributed by atoms with van der Waals surface area (Å²) in [5.74, 6) is 0.265. The van der Waals surface area contributed by atoms with E-state index in [1.54, 1.807) is 25.3 Å². The van der Waals surface area contributed by atoms with Gasteiger partial charge in [0.05, 0.1) is 13.4 Å². The van der Waals surface area contributed by atoms with Crippen molar-refractivity contribution in [3.8, 4) is 5.75 Å². The molecule has 2 heteroatoms. The average molecular weight is 150 g/mol. The van der Waals surface area contributed by atoms with E-state index in [1.165, 1.54) is 6.26 Å². The molecule has 0 heterocycles. The van der Waals surface area contributed by atoms with Crippen molar-refractivity contribution in [1.82, 2.24) is 0 Å². The molecule has 1 N–H and O–H groups in total. The Kier molecular flexibility index (Phi) is 2.55. The second-order valence-electron chi connectivity index (χ2n) is 2.10. The first kappa shape index (κ1) is 7.66. The molecule has 0 radical (unpaired) electrons. The van der Waals surface area contributed by atoms with Crippen LogP contribution in [0.25, 0.3) is 6.08 Å². The monoisotopic (exact) mass is 150 g/mol. The highest BCUT2D eigenvalue weighted by atomic mass is 16.5. The van der Waals surface area contributed by atoms with Crippen molar-refractivity contribution in [2.75, 3.05) is 7.11 Å². The molecule has 0 aliphatic carbocycles. The highest BCUT2D eigenvalue weighted by Crippen LogP contribution is 2.16. The maximum Gasteiger partial charge on any atom is 0.122 e. The number of para-hydroxylation sites is 1. The summed E-state index contributed by atoms with van der Waals surface area (Å²) in [6.45, 7) is 0. The smallest absolute Gasteiger partial charge is 0.122 e. The largest absolute Gasteiger partial charge is 0.507 e. The van der Waals surface area contributed by atoms with Gasteiger partial charge in [-0.2, -0.15) is 0 Å². The molecular weight excluding hydrogens is 140 g/mol. The maximum absolute atomic E-state index is 9.23. The van der Waals surface area contributed by atoms with Gasteiger partial charge in [-0.1, -0.05) is 18.2 Å². The summed E-state index contributed by atoms with van der Waals surface area (Å²) in [7, 11) is 1.57. The van der Waals surface area contributed by atoms with Gasteiger partial charge in [-0.15, -0.1) is 0 Å². The summed E-state index contributed by atoms with van der Waals surface area (Å²) in [6, 6.07) is 7.08. The zero-order valence-corrected chi connectivity index (χ0v) is 6.32. The minimum absolute atomic E-state index is 0.265. The lowest BCUT2D eigenvalue weighted by Gasteiger charge is -1.95. The van der Waals surface area contributed by atoms with Gasteiger partial charge in [-0.05, 0) is 12.1 Å². The van der Waals surface area contributed by atoms with Gasteiger partial charge >= 0.3 is 0 Å². The molecule has 0 bridgehead atoms. The number of methoxy groups -OCH3 is 1. The Morgan fingerprint density at radius 3 is 2.73 bits per heavy atom. The van der Waals surface area contributed by atoms with Crippen LogP contribution in [0, 0.1) is 0 Å². The van der Waals surface area contributed by atoms with E-state index in [1.807, 2.05) is 12.1 Å². The number of hydrogen-bond acceptors (Lipinski definition) is 2.